The van der Waals surface area contributed by atoms with Crippen LogP contribution in [-0.4, -0.2) is 19.5 Å². The molecule has 8 aromatic carbocycles. The van der Waals surface area contributed by atoms with Crippen LogP contribution in [0.2, 0.25) is 0 Å². The Bertz CT molecular complexity index is 4390. The molecule has 0 bridgehead atoms. The molecule has 0 radical (unpaired) electrons. The summed E-state index contributed by atoms with van der Waals surface area (Å²) in [5.41, 5.74) is 0.778. The van der Waals surface area contributed by atoms with Crippen molar-refractivity contribution in [3.63, 3.8) is 0 Å². The first-order valence-corrected chi connectivity index (χ1v) is 18.6. The van der Waals surface area contributed by atoms with Gasteiger partial charge in [-0.25, -0.2) is 4.98 Å². The molecule has 12 aromatic rings. The molecule has 12 rings (SSSR count). The zero-order chi connectivity index (χ0) is 50.5. The average Bonchev–Trinajstić information content (AvgIpc) is 4.11. The molecule has 0 aliphatic carbocycles. The Labute approximate surface area is 351 Å². The zero-order valence-corrected chi connectivity index (χ0v) is 30.1. The van der Waals surface area contributed by atoms with Gasteiger partial charge in [0.1, 0.15) is 11.2 Å². The number of hydrogen-bond acceptors (Lipinski definition) is 5. The van der Waals surface area contributed by atoms with Crippen LogP contribution in [0, 0.1) is 0 Å². The van der Waals surface area contributed by atoms with Crippen molar-refractivity contribution < 1.29 is 25.0 Å². The van der Waals surface area contributed by atoms with E-state index in [1.807, 2.05) is 0 Å². The summed E-state index contributed by atoms with van der Waals surface area (Å²) in [4.78, 5) is 14.4. The van der Waals surface area contributed by atoms with Gasteiger partial charge in [-0.15, -0.1) is 11.3 Å². The molecule has 0 saturated heterocycles. The van der Waals surface area contributed by atoms with Gasteiger partial charge in [-0.1, -0.05) is 139 Å². The fourth-order valence-electron chi connectivity index (χ4n) is 7.34. The Kier molecular flexibility index (Phi) is 4.52. The monoisotopic (exact) mass is 761 g/mol. The molecule has 0 aliphatic rings. The minimum Gasteiger partial charge on any atom is -0.456 e. The van der Waals surface area contributed by atoms with Gasteiger partial charge in [0, 0.05) is 52.8 Å². The Balaban J connectivity index is 1.23. The molecule has 0 spiro atoms. The average molecular weight is 762 g/mol. The van der Waals surface area contributed by atoms with E-state index >= 15 is 0 Å². The van der Waals surface area contributed by atoms with Gasteiger partial charge in [0.25, 0.3) is 0 Å². The maximum absolute atomic E-state index is 10.0. The van der Waals surface area contributed by atoms with E-state index in [9.17, 15) is 9.60 Å². The quantitative estimate of drug-likeness (QED) is 0.175. The van der Waals surface area contributed by atoms with Gasteiger partial charge in [0.2, 0.25) is 5.95 Å². The fraction of sp³-hybridized carbons (Fsp3) is 0. The predicted octanol–water partition coefficient (Wildman–Crippen LogP) is 13.9. The highest BCUT2D eigenvalue weighted by Crippen LogP contribution is 2.44. The largest absolute Gasteiger partial charge is 0.456 e. The van der Waals surface area contributed by atoms with E-state index < -0.39 is 54.4 Å². The van der Waals surface area contributed by atoms with E-state index in [-0.39, 0.29) is 134 Å². The second-order valence-electron chi connectivity index (χ2n) is 13.2. The molecule has 4 aromatic heterocycles. The van der Waals surface area contributed by atoms with Gasteiger partial charge < -0.3 is 4.42 Å². The van der Waals surface area contributed by atoms with Crippen LogP contribution < -0.4 is 0 Å². The highest BCUT2D eigenvalue weighted by atomic mass is 32.1. The SMILES string of the molecule is [2H]c1c([2H])c(-c2ccccc2)c2c(oc3c([2H])c(-c4nc(-c5ccccc5)nc(-n5c6c([2H])c([2H])c([2H])c([2H])c6c6c([2H])c7c(sc8c([2H])c([2H])c([2H])c(-c9ccccc9)c87)c([2H])c65)n4)c([2H])c([2H])c32)c1[2H]. The third kappa shape index (κ3) is 5.04. The number of hydrogen-bond donors (Lipinski definition) is 0. The van der Waals surface area contributed by atoms with Crippen molar-refractivity contribution in [2.75, 3.05) is 0 Å². The summed E-state index contributed by atoms with van der Waals surface area (Å²) in [7, 11) is 0. The smallest absolute Gasteiger partial charge is 0.238 e. The van der Waals surface area contributed by atoms with Crippen molar-refractivity contribution in [2.45, 2.75) is 0 Å². The minimum absolute atomic E-state index is 0.0446. The molecule has 4 heterocycles. The summed E-state index contributed by atoms with van der Waals surface area (Å²) in [6.45, 7) is 0. The molecular weight excluding hydrogens is 717 g/mol. The van der Waals surface area contributed by atoms with Gasteiger partial charge in [-0.05, 0) is 64.6 Å². The molecule has 0 saturated carbocycles. The van der Waals surface area contributed by atoms with Crippen molar-refractivity contribution in [3.8, 4) is 51.0 Å². The van der Waals surface area contributed by atoms with Crippen molar-refractivity contribution in [1.82, 2.24) is 19.5 Å². The first-order valence-electron chi connectivity index (χ1n) is 25.3. The lowest BCUT2D eigenvalue weighted by atomic mass is 9.99. The number of para-hydroxylation sites is 1. The van der Waals surface area contributed by atoms with Gasteiger partial charge in [0.15, 0.2) is 11.6 Å². The molecule has 0 unspecified atom stereocenters. The second kappa shape index (κ2) is 12.6. The van der Waals surface area contributed by atoms with Crippen LogP contribution in [0.1, 0.15) is 20.6 Å². The van der Waals surface area contributed by atoms with Gasteiger partial charge in [-0.2, -0.15) is 9.97 Å². The summed E-state index contributed by atoms with van der Waals surface area (Å²) in [5.74, 6) is -0.746. The van der Waals surface area contributed by atoms with E-state index in [0.717, 1.165) is 11.3 Å². The predicted molar refractivity (Wildman–Crippen MR) is 236 cm³/mol. The minimum atomic E-state index is -0.641. The highest BCUT2D eigenvalue weighted by Gasteiger charge is 2.21. The number of rotatable bonds is 5. The summed E-state index contributed by atoms with van der Waals surface area (Å²) < 4.78 is 146. The van der Waals surface area contributed by atoms with E-state index in [1.165, 1.54) is 4.57 Å². The molecule has 0 fully saturated rings. The van der Waals surface area contributed by atoms with Gasteiger partial charge in [-0.3, -0.25) is 4.57 Å². The van der Waals surface area contributed by atoms with Crippen LogP contribution in [0.5, 0.6) is 0 Å². The molecule has 266 valence electrons. The zero-order valence-electron chi connectivity index (χ0n) is 44.3. The van der Waals surface area contributed by atoms with Crippen LogP contribution in [0.3, 0.4) is 0 Å². The van der Waals surface area contributed by atoms with Crippen LogP contribution in [0.4, 0.5) is 0 Å². The molecule has 57 heavy (non-hydrogen) atoms. The normalized spacial score (nSPS) is 15.5. The number of aromatic nitrogens is 4. The standard InChI is InChI=1S/C51H30N4OS/c1-4-14-31(15-5-1)35-21-12-24-43-47(35)38-27-26-34(28-44(38)56-43)50-52-49(33-18-8-3-9-19-33)53-51(54-50)55-41-23-11-10-20-37(41)39-29-40-46(30-42(39)55)57-45-25-13-22-36(48(40)45)32-16-6-2-7-17-32/h1-30H/i10D,11D,12D,13D,20D,21D,22D,23D,24D,25D,26D,27D,28D,29D,30D. The maximum atomic E-state index is 10.0. The highest BCUT2D eigenvalue weighted by molar-refractivity contribution is 7.26. The van der Waals surface area contributed by atoms with Crippen LogP contribution >= 0.6 is 11.3 Å². The molecule has 6 heteroatoms. The van der Waals surface area contributed by atoms with Crippen molar-refractivity contribution >= 4 is 75.3 Å². The Morgan fingerprint density at radius 3 is 1.88 bits per heavy atom. The molecule has 0 N–H and O–H groups in total. The number of furan rings is 1. The topological polar surface area (TPSA) is 56.7 Å². The lowest BCUT2D eigenvalue weighted by Gasteiger charge is -2.11. The number of nitrogens with zero attached hydrogens (tertiary/aromatic N) is 4. The van der Waals surface area contributed by atoms with Crippen molar-refractivity contribution in [2.24, 2.45) is 0 Å². The third-order valence-electron chi connectivity index (χ3n) is 9.88. The molecule has 0 amide bonds. The van der Waals surface area contributed by atoms with Crippen molar-refractivity contribution in [1.29, 1.82) is 0 Å². The second-order valence-corrected chi connectivity index (χ2v) is 14.2. The Hall–Kier alpha value is -7.41. The first-order chi connectivity index (χ1) is 34.5. The molecule has 0 atom stereocenters. The van der Waals surface area contributed by atoms with Crippen LogP contribution in [0.25, 0.3) is 115 Å². The lowest BCUT2D eigenvalue weighted by Crippen LogP contribution is -2.06. The van der Waals surface area contributed by atoms with Crippen LogP contribution in [0.15, 0.2) is 186 Å². The number of thiophene rings is 1. The summed E-state index contributed by atoms with van der Waals surface area (Å²) >= 11 is 0.964. The van der Waals surface area contributed by atoms with E-state index in [4.69, 9.17) is 30.3 Å². The lowest BCUT2D eigenvalue weighted by molar-refractivity contribution is 0.669. The fourth-order valence-corrected chi connectivity index (χ4v) is 8.36. The Morgan fingerprint density at radius 2 is 1.12 bits per heavy atom. The van der Waals surface area contributed by atoms with Crippen LogP contribution in [-0.2, 0) is 0 Å². The Morgan fingerprint density at radius 1 is 0.456 bits per heavy atom. The van der Waals surface area contributed by atoms with E-state index in [2.05, 4.69) is 0 Å². The summed E-state index contributed by atoms with van der Waals surface area (Å²) in [5, 5.41) is 0.226. The first kappa shape index (κ1) is 20.5. The van der Waals surface area contributed by atoms with E-state index in [0.29, 0.717) is 16.7 Å². The van der Waals surface area contributed by atoms with Crippen molar-refractivity contribution in [3.05, 3.63) is 182 Å². The molecule has 0 aliphatic heterocycles. The maximum Gasteiger partial charge on any atom is 0.238 e. The molecule has 5 nitrogen and oxygen atoms in total. The van der Waals surface area contributed by atoms with Gasteiger partial charge >= 0.3 is 0 Å². The van der Waals surface area contributed by atoms with Gasteiger partial charge in [0.05, 0.1) is 31.6 Å². The third-order valence-corrected chi connectivity index (χ3v) is 10.9. The summed E-state index contributed by atoms with van der Waals surface area (Å²) in [6.07, 6.45) is 0. The number of fused-ring (bicyclic) bond motifs is 9. The van der Waals surface area contributed by atoms with E-state index in [1.54, 1.807) is 91.0 Å². The summed E-state index contributed by atoms with van der Waals surface area (Å²) in [6, 6.07) is 19.4. The number of benzene rings is 8. The molecular formula is C51H30N4OS.